The fourth-order valence-electron chi connectivity index (χ4n) is 2.38. The first-order chi connectivity index (χ1) is 9.25. The fourth-order valence-corrected chi connectivity index (χ4v) is 3.30. The Morgan fingerprint density at radius 3 is 3.05 bits per heavy atom. The highest BCUT2D eigenvalue weighted by Gasteiger charge is 2.24. The molecule has 4 N–H and O–H groups in total. The Balaban J connectivity index is 1.77. The number of aliphatic hydroxyl groups excluding tert-OH is 1. The van der Waals surface area contributed by atoms with Crippen LogP contribution in [0.1, 0.15) is 5.56 Å². The third-order valence-electron chi connectivity index (χ3n) is 3.40. The monoisotopic (exact) mass is 275 g/mol. The second-order valence-corrected chi connectivity index (χ2v) is 5.86. The highest BCUT2D eigenvalue weighted by molar-refractivity contribution is 8.14. The summed E-state index contributed by atoms with van der Waals surface area (Å²) in [6, 6.07) is 7.81. The summed E-state index contributed by atoms with van der Waals surface area (Å²) in [6.07, 6.45) is 1.96. The number of rotatable bonds is 4. The van der Waals surface area contributed by atoms with Gasteiger partial charge in [-0.2, -0.15) is 0 Å². The summed E-state index contributed by atoms with van der Waals surface area (Å²) in [5.74, 6) is 0.951. The van der Waals surface area contributed by atoms with Crippen molar-refractivity contribution in [3.8, 4) is 0 Å². The number of aromatic nitrogens is 1. The molecule has 1 aromatic heterocycles. The van der Waals surface area contributed by atoms with Crippen molar-refractivity contribution in [3.63, 3.8) is 0 Å². The van der Waals surface area contributed by atoms with Gasteiger partial charge in [-0.15, -0.1) is 11.8 Å². The SMILES string of the molecule is N[C@@H](Cc1c[nH]c2ccccc12)C(O)C1=NCCS1. The Bertz CT molecular complexity index is 608. The van der Waals surface area contributed by atoms with Gasteiger partial charge in [-0.3, -0.25) is 4.99 Å². The van der Waals surface area contributed by atoms with Crippen molar-refractivity contribution in [1.29, 1.82) is 0 Å². The minimum atomic E-state index is -0.652. The molecule has 0 amide bonds. The smallest absolute Gasteiger partial charge is 0.117 e. The lowest BCUT2D eigenvalue weighted by molar-refractivity contribution is 0.212. The molecule has 1 unspecified atom stereocenters. The van der Waals surface area contributed by atoms with Crippen LogP contribution in [0.25, 0.3) is 10.9 Å². The summed E-state index contributed by atoms with van der Waals surface area (Å²) >= 11 is 1.61. The molecule has 3 rings (SSSR count). The predicted molar refractivity (Wildman–Crippen MR) is 80.7 cm³/mol. The molecular weight excluding hydrogens is 258 g/mol. The maximum atomic E-state index is 10.2. The normalized spacial score (nSPS) is 18.5. The molecule has 0 saturated heterocycles. The van der Waals surface area contributed by atoms with Crippen LogP contribution >= 0.6 is 11.8 Å². The van der Waals surface area contributed by atoms with Crippen LogP contribution in [0.15, 0.2) is 35.5 Å². The molecule has 0 bridgehead atoms. The molecule has 2 aromatic rings. The van der Waals surface area contributed by atoms with E-state index in [0.29, 0.717) is 6.42 Å². The molecule has 1 aliphatic rings. The third kappa shape index (κ3) is 2.54. The molecule has 0 spiro atoms. The lowest BCUT2D eigenvalue weighted by Gasteiger charge is -2.18. The van der Waals surface area contributed by atoms with Crippen molar-refractivity contribution in [2.75, 3.05) is 12.3 Å². The van der Waals surface area contributed by atoms with E-state index in [1.807, 2.05) is 24.4 Å². The highest BCUT2D eigenvalue weighted by Crippen LogP contribution is 2.21. The molecule has 5 heteroatoms. The molecule has 1 aliphatic heterocycles. The van der Waals surface area contributed by atoms with Gasteiger partial charge in [0.2, 0.25) is 0 Å². The number of para-hydroxylation sites is 1. The number of aromatic amines is 1. The number of aliphatic imine (C=N–C) groups is 1. The zero-order valence-electron chi connectivity index (χ0n) is 10.5. The second kappa shape index (κ2) is 5.36. The average molecular weight is 275 g/mol. The topological polar surface area (TPSA) is 74.4 Å². The number of nitrogens with one attached hydrogen (secondary N) is 1. The Kier molecular flexibility index (Phi) is 3.59. The van der Waals surface area contributed by atoms with Gasteiger partial charge >= 0.3 is 0 Å². The van der Waals surface area contributed by atoms with Crippen LogP contribution < -0.4 is 5.73 Å². The molecule has 0 fully saturated rings. The van der Waals surface area contributed by atoms with E-state index in [0.717, 1.165) is 28.4 Å². The first-order valence-corrected chi connectivity index (χ1v) is 7.40. The van der Waals surface area contributed by atoms with Crippen LogP contribution in [-0.4, -0.2) is 39.6 Å². The molecule has 100 valence electrons. The van der Waals surface area contributed by atoms with Gasteiger partial charge in [-0.25, -0.2) is 0 Å². The zero-order chi connectivity index (χ0) is 13.2. The van der Waals surface area contributed by atoms with Gasteiger partial charge in [-0.05, 0) is 18.1 Å². The molecule has 19 heavy (non-hydrogen) atoms. The first kappa shape index (κ1) is 12.7. The standard InChI is InChI=1S/C14H17N3OS/c15-11(13(18)14-16-5-6-19-14)7-9-8-17-12-4-2-1-3-10(9)12/h1-4,8,11,13,17-18H,5-7,15H2/t11-,13?/m0/s1. The summed E-state index contributed by atoms with van der Waals surface area (Å²) in [5.41, 5.74) is 8.37. The summed E-state index contributed by atoms with van der Waals surface area (Å²) in [6.45, 7) is 0.789. The minimum absolute atomic E-state index is 0.316. The molecule has 2 atom stereocenters. The van der Waals surface area contributed by atoms with Crippen molar-refractivity contribution < 1.29 is 5.11 Å². The fraction of sp³-hybridized carbons (Fsp3) is 0.357. The number of H-pyrrole nitrogens is 1. The zero-order valence-corrected chi connectivity index (χ0v) is 11.4. The number of benzene rings is 1. The Hall–Kier alpha value is -1.30. The maximum absolute atomic E-state index is 10.2. The van der Waals surface area contributed by atoms with E-state index >= 15 is 0 Å². The van der Waals surface area contributed by atoms with Gasteiger partial charge in [0, 0.05) is 35.4 Å². The van der Waals surface area contributed by atoms with Crippen molar-refractivity contribution >= 4 is 27.7 Å². The van der Waals surface area contributed by atoms with Gasteiger partial charge < -0.3 is 15.8 Å². The van der Waals surface area contributed by atoms with Crippen LogP contribution in [0.2, 0.25) is 0 Å². The van der Waals surface area contributed by atoms with Crippen LogP contribution in [0.4, 0.5) is 0 Å². The van der Waals surface area contributed by atoms with E-state index in [-0.39, 0.29) is 6.04 Å². The molecule has 0 saturated carbocycles. The predicted octanol–water partition coefficient (Wildman–Crippen LogP) is 1.54. The van der Waals surface area contributed by atoms with E-state index in [9.17, 15) is 5.11 Å². The summed E-state index contributed by atoms with van der Waals surface area (Å²) in [7, 11) is 0. The Morgan fingerprint density at radius 2 is 2.26 bits per heavy atom. The molecule has 2 heterocycles. The number of nitrogens with two attached hydrogens (primary N) is 1. The molecular formula is C14H17N3OS. The summed E-state index contributed by atoms with van der Waals surface area (Å²) in [4.78, 5) is 7.52. The number of nitrogens with zero attached hydrogens (tertiary/aromatic N) is 1. The minimum Gasteiger partial charge on any atom is -0.385 e. The van der Waals surface area contributed by atoms with E-state index < -0.39 is 6.10 Å². The van der Waals surface area contributed by atoms with Crippen molar-refractivity contribution in [2.45, 2.75) is 18.6 Å². The van der Waals surface area contributed by atoms with Gasteiger partial charge in [0.15, 0.2) is 0 Å². The van der Waals surface area contributed by atoms with Crippen molar-refractivity contribution in [2.24, 2.45) is 10.7 Å². The van der Waals surface area contributed by atoms with E-state index in [1.165, 1.54) is 5.39 Å². The lowest BCUT2D eigenvalue weighted by atomic mass is 10.0. The van der Waals surface area contributed by atoms with Crippen molar-refractivity contribution in [3.05, 3.63) is 36.0 Å². The van der Waals surface area contributed by atoms with Crippen LogP contribution in [0.5, 0.6) is 0 Å². The lowest BCUT2D eigenvalue weighted by Crippen LogP contribution is -2.40. The van der Waals surface area contributed by atoms with Crippen LogP contribution in [0, 0.1) is 0 Å². The molecule has 1 aromatic carbocycles. The van der Waals surface area contributed by atoms with Gasteiger partial charge in [-0.1, -0.05) is 18.2 Å². The largest absolute Gasteiger partial charge is 0.385 e. The van der Waals surface area contributed by atoms with Gasteiger partial charge in [0.1, 0.15) is 6.10 Å². The number of hydrogen-bond acceptors (Lipinski definition) is 4. The number of aliphatic hydroxyl groups is 1. The maximum Gasteiger partial charge on any atom is 0.117 e. The average Bonchev–Trinajstić information content (AvgIpc) is 3.08. The number of thioether (sulfide) groups is 1. The molecule has 0 aliphatic carbocycles. The first-order valence-electron chi connectivity index (χ1n) is 6.41. The van der Waals surface area contributed by atoms with Crippen LogP contribution in [-0.2, 0) is 6.42 Å². The second-order valence-electron chi connectivity index (χ2n) is 4.74. The van der Waals surface area contributed by atoms with Crippen LogP contribution in [0.3, 0.4) is 0 Å². The van der Waals surface area contributed by atoms with E-state index in [2.05, 4.69) is 16.0 Å². The number of fused-ring (bicyclic) bond motifs is 1. The van der Waals surface area contributed by atoms with Gasteiger partial charge in [0.25, 0.3) is 0 Å². The summed E-state index contributed by atoms with van der Waals surface area (Å²) in [5, 5.41) is 12.2. The Morgan fingerprint density at radius 1 is 1.42 bits per heavy atom. The Labute approximate surface area is 116 Å². The third-order valence-corrected chi connectivity index (χ3v) is 4.45. The van der Waals surface area contributed by atoms with E-state index in [4.69, 9.17) is 5.73 Å². The highest BCUT2D eigenvalue weighted by atomic mass is 32.2. The van der Waals surface area contributed by atoms with Gasteiger partial charge in [0.05, 0.1) is 5.04 Å². The summed E-state index contributed by atoms with van der Waals surface area (Å²) < 4.78 is 0. The molecule has 0 radical (unpaired) electrons. The van der Waals surface area contributed by atoms with Crippen molar-refractivity contribution in [1.82, 2.24) is 4.98 Å². The van der Waals surface area contributed by atoms with E-state index in [1.54, 1.807) is 11.8 Å². The quantitative estimate of drug-likeness (QED) is 0.792. The molecule has 4 nitrogen and oxygen atoms in total. The number of hydrogen-bond donors (Lipinski definition) is 3.